The number of carbonyl (C=O) groups is 1. The van der Waals surface area contributed by atoms with E-state index in [0.29, 0.717) is 0 Å². The third-order valence-corrected chi connectivity index (χ3v) is 1.11. The number of nitrogens with one attached hydrogen (secondary N) is 1. The van der Waals surface area contributed by atoms with Gasteiger partial charge in [0.2, 0.25) is 0 Å². The standard InChI is InChI=1S/C6H10F3NO3/c1-13-3-4(11)2-10-5(12)6(7,8)9/h4,11H,2-3H2,1H3,(H,10,12)/t4-/m0/s1. The van der Waals surface area contributed by atoms with Crippen LogP contribution in [0.5, 0.6) is 0 Å². The number of amides is 1. The average molecular weight is 201 g/mol. The van der Waals surface area contributed by atoms with Crippen molar-refractivity contribution in [3.8, 4) is 0 Å². The van der Waals surface area contributed by atoms with Crippen molar-refractivity contribution in [2.45, 2.75) is 12.3 Å². The van der Waals surface area contributed by atoms with Gasteiger partial charge in [-0.1, -0.05) is 0 Å². The number of hydrogen-bond acceptors (Lipinski definition) is 3. The Bertz CT molecular complexity index is 171. The molecule has 4 nitrogen and oxygen atoms in total. The zero-order valence-corrected chi connectivity index (χ0v) is 6.89. The lowest BCUT2D eigenvalue weighted by atomic mass is 10.4. The van der Waals surface area contributed by atoms with E-state index in [9.17, 15) is 18.0 Å². The zero-order chi connectivity index (χ0) is 10.5. The number of hydrogen-bond donors (Lipinski definition) is 2. The summed E-state index contributed by atoms with van der Waals surface area (Å²) in [5.74, 6) is -2.07. The summed E-state index contributed by atoms with van der Waals surface area (Å²) >= 11 is 0. The molecule has 0 aromatic heterocycles. The van der Waals surface area contributed by atoms with Crippen LogP contribution in [0, 0.1) is 0 Å². The first kappa shape index (κ1) is 12.2. The van der Waals surface area contributed by atoms with Gasteiger partial charge in [-0.3, -0.25) is 4.79 Å². The fraction of sp³-hybridized carbons (Fsp3) is 0.833. The molecule has 78 valence electrons. The van der Waals surface area contributed by atoms with Gasteiger partial charge in [-0.2, -0.15) is 13.2 Å². The molecule has 0 saturated heterocycles. The van der Waals surface area contributed by atoms with E-state index in [-0.39, 0.29) is 6.61 Å². The van der Waals surface area contributed by atoms with Crippen LogP contribution in [0.25, 0.3) is 0 Å². The van der Waals surface area contributed by atoms with Crippen LogP contribution >= 0.6 is 0 Å². The predicted molar refractivity (Wildman–Crippen MR) is 36.9 cm³/mol. The van der Waals surface area contributed by atoms with Crippen LogP contribution in [0.3, 0.4) is 0 Å². The van der Waals surface area contributed by atoms with Crippen LogP contribution in [0.1, 0.15) is 0 Å². The van der Waals surface area contributed by atoms with Crippen LogP contribution < -0.4 is 5.32 Å². The first-order valence-corrected chi connectivity index (χ1v) is 3.40. The van der Waals surface area contributed by atoms with Gasteiger partial charge >= 0.3 is 12.1 Å². The quantitative estimate of drug-likeness (QED) is 0.655. The van der Waals surface area contributed by atoms with Crippen LogP contribution in [-0.4, -0.2) is 43.6 Å². The Morgan fingerprint density at radius 3 is 2.54 bits per heavy atom. The molecule has 0 aliphatic rings. The second-order valence-corrected chi connectivity index (χ2v) is 2.32. The largest absolute Gasteiger partial charge is 0.471 e. The summed E-state index contributed by atoms with van der Waals surface area (Å²) in [6, 6.07) is 0. The van der Waals surface area contributed by atoms with Gasteiger partial charge in [-0.25, -0.2) is 0 Å². The Labute approximate surface area is 72.7 Å². The molecule has 1 atom stereocenters. The number of carbonyl (C=O) groups excluding carboxylic acids is 1. The number of methoxy groups -OCH3 is 1. The number of ether oxygens (including phenoxy) is 1. The molecular weight excluding hydrogens is 191 g/mol. The second-order valence-electron chi connectivity index (χ2n) is 2.32. The van der Waals surface area contributed by atoms with Crippen LogP contribution in [0.2, 0.25) is 0 Å². The molecule has 0 rings (SSSR count). The van der Waals surface area contributed by atoms with Crippen molar-refractivity contribution in [1.29, 1.82) is 0 Å². The minimum atomic E-state index is -4.91. The molecule has 0 heterocycles. The Kier molecular flexibility index (Phi) is 4.71. The highest BCUT2D eigenvalue weighted by atomic mass is 19.4. The van der Waals surface area contributed by atoms with Gasteiger partial charge in [0.25, 0.3) is 0 Å². The normalized spacial score (nSPS) is 13.9. The number of alkyl halides is 3. The summed E-state index contributed by atoms with van der Waals surface area (Å²) in [4.78, 5) is 10.2. The molecule has 0 saturated carbocycles. The maximum Gasteiger partial charge on any atom is 0.471 e. The molecule has 1 amide bonds. The van der Waals surface area contributed by atoms with Gasteiger partial charge in [0.15, 0.2) is 0 Å². The topological polar surface area (TPSA) is 58.6 Å². The fourth-order valence-electron chi connectivity index (χ4n) is 0.562. The number of halogens is 3. The molecule has 0 aliphatic carbocycles. The molecule has 0 unspecified atom stereocenters. The van der Waals surface area contributed by atoms with E-state index in [0.717, 1.165) is 0 Å². The molecule has 0 aromatic rings. The van der Waals surface area contributed by atoms with Crippen LogP contribution in [-0.2, 0) is 9.53 Å². The maximum atomic E-state index is 11.6. The summed E-state index contributed by atoms with van der Waals surface area (Å²) in [6.45, 7) is -0.607. The fourth-order valence-corrected chi connectivity index (χ4v) is 0.562. The molecule has 7 heteroatoms. The molecule has 0 bridgehead atoms. The van der Waals surface area contributed by atoms with E-state index in [1.807, 2.05) is 0 Å². The maximum absolute atomic E-state index is 11.6. The second kappa shape index (κ2) is 5.03. The molecule has 13 heavy (non-hydrogen) atoms. The molecule has 0 aromatic carbocycles. The highest BCUT2D eigenvalue weighted by Crippen LogP contribution is 2.13. The van der Waals surface area contributed by atoms with Gasteiger partial charge in [0, 0.05) is 13.7 Å². The van der Waals surface area contributed by atoms with Crippen LogP contribution in [0.4, 0.5) is 13.2 Å². The lowest BCUT2D eigenvalue weighted by Crippen LogP contribution is -2.41. The van der Waals surface area contributed by atoms with E-state index in [2.05, 4.69) is 4.74 Å². The molecular formula is C6H10F3NO3. The molecule has 0 spiro atoms. The number of rotatable bonds is 4. The van der Waals surface area contributed by atoms with E-state index < -0.39 is 24.7 Å². The average Bonchev–Trinajstić information content (AvgIpc) is 1.99. The molecule has 0 aliphatic heterocycles. The van der Waals surface area contributed by atoms with Crippen molar-refractivity contribution < 1.29 is 27.8 Å². The summed E-state index contributed by atoms with van der Waals surface area (Å²) in [5.41, 5.74) is 0. The summed E-state index contributed by atoms with van der Waals surface area (Å²) < 4.78 is 39.1. The van der Waals surface area contributed by atoms with Gasteiger partial charge < -0.3 is 15.2 Å². The first-order chi connectivity index (χ1) is 5.88. The lowest BCUT2D eigenvalue weighted by molar-refractivity contribution is -0.174. The predicted octanol–water partition coefficient (Wildman–Crippen LogP) is -0.328. The monoisotopic (exact) mass is 201 g/mol. The third kappa shape index (κ3) is 5.42. The van der Waals surface area contributed by atoms with Crippen molar-refractivity contribution in [3.05, 3.63) is 0 Å². The van der Waals surface area contributed by atoms with Gasteiger partial charge in [-0.05, 0) is 0 Å². The minimum Gasteiger partial charge on any atom is -0.389 e. The Morgan fingerprint density at radius 2 is 2.15 bits per heavy atom. The molecule has 0 fully saturated rings. The first-order valence-electron chi connectivity index (χ1n) is 3.40. The van der Waals surface area contributed by atoms with E-state index >= 15 is 0 Å². The van der Waals surface area contributed by atoms with E-state index in [1.165, 1.54) is 12.4 Å². The lowest BCUT2D eigenvalue weighted by Gasteiger charge is -2.11. The Morgan fingerprint density at radius 1 is 1.62 bits per heavy atom. The third-order valence-electron chi connectivity index (χ3n) is 1.11. The smallest absolute Gasteiger partial charge is 0.389 e. The van der Waals surface area contributed by atoms with Gasteiger partial charge in [-0.15, -0.1) is 0 Å². The number of aliphatic hydroxyl groups excluding tert-OH is 1. The zero-order valence-electron chi connectivity index (χ0n) is 6.89. The van der Waals surface area contributed by atoms with Crippen molar-refractivity contribution in [1.82, 2.24) is 5.32 Å². The highest BCUT2D eigenvalue weighted by molar-refractivity contribution is 5.81. The number of aliphatic hydroxyl groups is 1. The SMILES string of the molecule is COC[C@@H](O)CNC(=O)C(F)(F)F. The van der Waals surface area contributed by atoms with E-state index in [1.54, 1.807) is 0 Å². The Balaban J connectivity index is 3.71. The van der Waals surface area contributed by atoms with Gasteiger partial charge in [0.05, 0.1) is 12.7 Å². The Hall–Kier alpha value is -0.820. The van der Waals surface area contributed by atoms with Crippen molar-refractivity contribution in [3.63, 3.8) is 0 Å². The van der Waals surface area contributed by atoms with Crippen LogP contribution in [0.15, 0.2) is 0 Å². The van der Waals surface area contributed by atoms with Gasteiger partial charge in [0.1, 0.15) is 0 Å². The summed E-state index contributed by atoms with van der Waals surface area (Å²) in [5, 5.41) is 10.4. The molecule has 2 N–H and O–H groups in total. The molecule has 0 radical (unpaired) electrons. The summed E-state index contributed by atoms with van der Waals surface area (Å²) in [7, 11) is 1.29. The van der Waals surface area contributed by atoms with Crippen molar-refractivity contribution in [2.75, 3.05) is 20.3 Å². The minimum absolute atomic E-state index is 0.127. The van der Waals surface area contributed by atoms with E-state index in [4.69, 9.17) is 5.11 Å². The summed E-state index contributed by atoms with van der Waals surface area (Å²) in [6.07, 6.45) is -6.04. The highest BCUT2D eigenvalue weighted by Gasteiger charge is 2.38. The van der Waals surface area contributed by atoms with Crippen molar-refractivity contribution in [2.24, 2.45) is 0 Å². The van der Waals surface area contributed by atoms with Crippen molar-refractivity contribution >= 4 is 5.91 Å².